The summed E-state index contributed by atoms with van der Waals surface area (Å²) in [4.78, 5) is 9.41. The normalized spacial score (nSPS) is 19.5. The molecule has 3 rings (SSSR count). The average Bonchev–Trinajstić information content (AvgIpc) is 2.69. The lowest BCUT2D eigenvalue weighted by atomic mass is 10.00. The fourth-order valence-corrected chi connectivity index (χ4v) is 4.05. The van der Waals surface area contributed by atoms with Gasteiger partial charge in [0.2, 0.25) is 0 Å². The number of fused-ring (bicyclic) bond motifs is 1. The van der Waals surface area contributed by atoms with Crippen LogP contribution in [-0.4, -0.2) is 68.2 Å². The van der Waals surface area contributed by atoms with Crippen molar-refractivity contribution in [3.8, 4) is 0 Å². The van der Waals surface area contributed by atoms with Crippen molar-refractivity contribution in [3.05, 3.63) is 35.4 Å². The first-order valence-corrected chi connectivity index (χ1v) is 10.2. The van der Waals surface area contributed by atoms with Gasteiger partial charge >= 0.3 is 0 Å². The van der Waals surface area contributed by atoms with E-state index in [2.05, 4.69) is 51.3 Å². The number of hydrogen-bond acceptors (Lipinski definition) is 3. The highest BCUT2D eigenvalue weighted by molar-refractivity contribution is 5.79. The lowest BCUT2D eigenvalue weighted by Crippen LogP contribution is -2.47. The smallest absolute Gasteiger partial charge is 0.193 e. The molecule has 5 nitrogen and oxygen atoms in total. The molecule has 1 aromatic carbocycles. The fourth-order valence-electron chi connectivity index (χ4n) is 4.05. The molecule has 2 aliphatic heterocycles. The molecule has 1 N–H and O–H groups in total. The third-order valence-electron chi connectivity index (χ3n) is 5.50. The van der Waals surface area contributed by atoms with Gasteiger partial charge < -0.3 is 15.0 Å². The zero-order valence-corrected chi connectivity index (χ0v) is 16.4. The van der Waals surface area contributed by atoms with Gasteiger partial charge in [-0.15, -0.1) is 0 Å². The number of guanidine groups is 1. The second-order valence-corrected chi connectivity index (χ2v) is 7.26. The maximum atomic E-state index is 5.74. The van der Waals surface area contributed by atoms with Gasteiger partial charge in [0.05, 0.1) is 6.10 Å². The molecule has 1 saturated heterocycles. The molecule has 0 aliphatic carbocycles. The molecule has 2 heterocycles. The number of piperidine rings is 1. The number of benzene rings is 1. The number of hydrogen-bond donors (Lipinski definition) is 1. The van der Waals surface area contributed by atoms with Crippen LogP contribution in [0.1, 0.15) is 37.3 Å². The quantitative estimate of drug-likeness (QED) is 0.482. The van der Waals surface area contributed by atoms with Gasteiger partial charge in [-0.2, -0.15) is 0 Å². The van der Waals surface area contributed by atoms with Crippen molar-refractivity contribution in [1.29, 1.82) is 0 Å². The van der Waals surface area contributed by atoms with Crippen molar-refractivity contribution >= 4 is 5.96 Å². The molecule has 5 heteroatoms. The first-order valence-electron chi connectivity index (χ1n) is 10.2. The maximum absolute atomic E-state index is 5.74. The number of nitrogens with zero attached hydrogens (tertiary/aromatic N) is 3. The predicted octanol–water partition coefficient (Wildman–Crippen LogP) is 2.51. The van der Waals surface area contributed by atoms with Gasteiger partial charge in [0.25, 0.3) is 0 Å². The molecule has 0 unspecified atom stereocenters. The van der Waals surface area contributed by atoms with E-state index in [0.29, 0.717) is 6.10 Å². The first-order chi connectivity index (χ1) is 12.8. The molecule has 1 aromatic rings. The molecule has 0 bridgehead atoms. The lowest BCUT2D eigenvalue weighted by Gasteiger charge is -2.34. The van der Waals surface area contributed by atoms with E-state index < -0.39 is 0 Å². The van der Waals surface area contributed by atoms with Crippen molar-refractivity contribution in [2.75, 3.05) is 46.4 Å². The van der Waals surface area contributed by atoms with Crippen LogP contribution in [0.15, 0.2) is 29.3 Å². The van der Waals surface area contributed by atoms with Crippen LogP contribution >= 0.6 is 0 Å². The summed E-state index contributed by atoms with van der Waals surface area (Å²) in [6.07, 6.45) is 4.96. The van der Waals surface area contributed by atoms with E-state index in [1.807, 2.05) is 7.05 Å². The summed E-state index contributed by atoms with van der Waals surface area (Å²) < 4.78 is 5.74. The van der Waals surface area contributed by atoms with Crippen LogP contribution in [0.4, 0.5) is 0 Å². The van der Waals surface area contributed by atoms with Crippen molar-refractivity contribution in [1.82, 2.24) is 15.1 Å². The van der Waals surface area contributed by atoms with E-state index in [0.717, 1.165) is 64.6 Å². The highest BCUT2D eigenvalue weighted by atomic mass is 16.5. The maximum Gasteiger partial charge on any atom is 0.193 e. The van der Waals surface area contributed by atoms with Crippen LogP contribution in [-0.2, 0) is 17.7 Å². The molecular formula is C21H34N4O. The summed E-state index contributed by atoms with van der Waals surface area (Å²) in [5.41, 5.74) is 3.03. The van der Waals surface area contributed by atoms with Crippen LogP contribution in [0.5, 0.6) is 0 Å². The molecule has 0 radical (unpaired) electrons. The second kappa shape index (κ2) is 9.93. The highest BCUT2D eigenvalue weighted by Gasteiger charge is 2.21. The number of nitrogens with one attached hydrogen (secondary N) is 1. The van der Waals surface area contributed by atoms with Crippen molar-refractivity contribution < 1.29 is 4.74 Å². The number of rotatable bonds is 6. The van der Waals surface area contributed by atoms with Gasteiger partial charge in [-0.1, -0.05) is 24.3 Å². The van der Waals surface area contributed by atoms with Gasteiger partial charge in [-0.25, -0.2) is 0 Å². The van der Waals surface area contributed by atoms with Crippen LogP contribution in [0.2, 0.25) is 0 Å². The minimum Gasteiger partial charge on any atom is -0.378 e. The zero-order valence-electron chi connectivity index (χ0n) is 16.4. The molecule has 1 fully saturated rings. The Kier molecular flexibility index (Phi) is 7.32. The van der Waals surface area contributed by atoms with E-state index in [1.165, 1.54) is 24.1 Å². The van der Waals surface area contributed by atoms with Crippen molar-refractivity contribution in [2.45, 2.75) is 45.3 Å². The van der Waals surface area contributed by atoms with Gasteiger partial charge in [-0.3, -0.25) is 9.89 Å². The summed E-state index contributed by atoms with van der Waals surface area (Å²) in [5.74, 6) is 1.05. The molecular weight excluding hydrogens is 324 g/mol. The van der Waals surface area contributed by atoms with Crippen molar-refractivity contribution in [3.63, 3.8) is 0 Å². The van der Waals surface area contributed by atoms with Gasteiger partial charge in [0.1, 0.15) is 0 Å². The van der Waals surface area contributed by atoms with Crippen molar-refractivity contribution in [2.24, 2.45) is 4.99 Å². The summed E-state index contributed by atoms with van der Waals surface area (Å²) in [6, 6.07) is 8.85. The molecule has 26 heavy (non-hydrogen) atoms. The molecule has 144 valence electrons. The highest BCUT2D eigenvalue weighted by Crippen LogP contribution is 2.18. The van der Waals surface area contributed by atoms with Gasteiger partial charge in [0.15, 0.2) is 5.96 Å². The number of aliphatic imine (C=N–C) groups is 1. The summed E-state index contributed by atoms with van der Waals surface area (Å²) in [6.45, 7) is 9.36. The Morgan fingerprint density at radius 2 is 1.96 bits per heavy atom. The van der Waals surface area contributed by atoms with Crippen LogP contribution < -0.4 is 5.32 Å². The topological polar surface area (TPSA) is 40.1 Å². The van der Waals surface area contributed by atoms with Crippen LogP contribution in [0, 0.1) is 0 Å². The summed E-state index contributed by atoms with van der Waals surface area (Å²) in [5, 5.41) is 3.55. The Balaban J connectivity index is 1.35. The van der Waals surface area contributed by atoms with E-state index in [9.17, 15) is 0 Å². The van der Waals surface area contributed by atoms with Crippen LogP contribution in [0.25, 0.3) is 0 Å². The van der Waals surface area contributed by atoms with Crippen LogP contribution in [0.3, 0.4) is 0 Å². The summed E-state index contributed by atoms with van der Waals surface area (Å²) in [7, 11) is 1.89. The SMILES string of the molecule is CCOC1CCN(C(=NC)NCCCN2CCc3ccccc3C2)CC1. The third kappa shape index (κ3) is 5.21. The Morgan fingerprint density at radius 1 is 1.19 bits per heavy atom. The molecule has 2 aliphatic rings. The van der Waals surface area contributed by atoms with E-state index in [1.54, 1.807) is 0 Å². The Morgan fingerprint density at radius 3 is 2.69 bits per heavy atom. The first kappa shape index (κ1) is 19.2. The van der Waals surface area contributed by atoms with E-state index >= 15 is 0 Å². The van der Waals surface area contributed by atoms with E-state index in [-0.39, 0.29) is 0 Å². The minimum atomic E-state index is 0.427. The predicted molar refractivity (Wildman–Crippen MR) is 108 cm³/mol. The number of likely N-dealkylation sites (tertiary alicyclic amines) is 1. The Bertz CT molecular complexity index is 581. The monoisotopic (exact) mass is 358 g/mol. The number of ether oxygens (including phenoxy) is 1. The zero-order chi connectivity index (χ0) is 18.2. The molecule has 0 amide bonds. The fraction of sp³-hybridized carbons (Fsp3) is 0.667. The molecule has 0 spiro atoms. The Hall–Kier alpha value is -1.59. The van der Waals surface area contributed by atoms with E-state index in [4.69, 9.17) is 4.74 Å². The average molecular weight is 359 g/mol. The summed E-state index contributed by atoms with van der Waals surface area (Å²) >= 11 is 0. The minimum absolute atomic E-state index is 0.427. The Labute approximate surface area is 158 Å². The van der Waals surface area contributed by atoms with Gasteiger partial charge in [-0.05, 0) is 43.7 Å². The largest absolute Gasteiger partial charge is 0.378 e. The molecule has 0 saturated carbocycles. The third-order valence-corrected chi connectivity index (χ3v) is 5.50. The lowest BCUT2D eigenvalue weighted by molar-refractivity contribution is 0.0264. The molecule has 0 atom stereocenters. The second-order valence-electron chi connectivity index (χ2n) is 7.26. The standard InChI is InChI=1S/C21H34N4O/c1-3-26-20-10-15-25(16-11-20)21(22-2)23-12-6-13-24-14-9-18-7-4-5-8-19(18)17-24/h4-5,7-8,20H,3,6,9-17H2,1-2H3,(H,22,23). The van der Waals surface area contributed by atoms with Gasteiger partial charge in [0, 0.05) is 52.9 Å². The molecule has 0 aromatic heterocycles.